The summed E-state index contributed by atoms with van der Waals surface area (Å²) in [5, 5.41) is 7.72. The Balaban J connectivity index is 0.000000198. The highest BCUT2D eigenvalue weighted by molar-refractivity contribution is 7.90. The zero-order valence-corrected chi connectivity index (χ0v) is 21.7. The molecule has 2 aliphatic heterocycles. The summed E-state index contributed by atoms with van der Waals surface area (Å²) in [7, 11) is -1.26. The molecule has 3 heterocycles. The lowest BCUT2D eigenvalue weighted by Crippen LogP contribution is -2.50. The lowest BCUT2D eigenvalue weighted by molar-refractivity contribution is -0.119. The Morgan fingerprint density at radius 1 is 1.23 bits per heavy atom. The maximum absolute atomic E-state index is 12.7. The second-order valence-electron chi connectivity index (χ2n) is 8.42. The van der Waals surface area contributed by atoms with Crippen molar-refractivity contribution in [3.63, 3.8) is 0 Å². The number of thiophene rings is 1. The van der Waals surface area contributed by atoms with E-state index in [0.29, 0.717) is 43.0 Å². The first-order valence-electron chi connectivity index (χ1n) is 11.5. The molecule has 1 saturated heterocycles. The van der Waals surface area contributed by atoms with Gasteiger partial charge in [-0.3, -0.25) is 19.1 Å². The zero-order chi connectivity index (χ0) is 25.6. The Kier molecular flexibility index (Phi) is 8.80. The second kappa shape index (κ2) is 11.6. The van der Waals surface area contributed by atoms with Crippen molar-refractivity contribution >= 4 is 55.4 Å². The minimum absolute atomic E-state index is 0.0240. The third kappa shape index (κ3) is 5.62. The summed E-state index contributed by atoms with van der Waals surface area (Å²) in [6.45, 7) is 12.9. The third-order valence-electron chi connectivity index (χ3n) is 6.30. The molecule has 2 aromatic rings. The summed E-state index contributed by atoms with van der Waals surface area (Å²) < 4.78 is 13.4. The SMILES string of the molecule is C=CC1=C(C=C)S(=O)C2(CCN(C=O)CC2)CC1=O.CCNC(=O)Nc1sc2ccccc2c1C. The van der Waals surface area contributed by atoms with E-state index < -0.39 is 15.5 Å². The molecule has 7 nitrogen and oxygen atoms in total. The number of fused-ring (bicyclic) bond motifs is 1. The van der Waals surface area contributed by atoms with Crippen molar-refractivity contribution in [1.29, 1.82) is 0 Å². The first-order valence-corrected chi connectivity index (χ1v) is 13.4. The highest BCUT2D eigenvalue weighted by Gasteiger charge is 2.46. The van der Waals surface area contributed by atoms with Crippen molar-refractivity contribution < 1.29 is 18.6 Å². The lowest BCUT2D eigenvalue weighted by Gasteiger charge is -2.42. The van der Waals surface area contributed by atoms with Crippen LogP contribution in [0, 0.1) is 6.92 Å². The van der Waals surface area contributed by atoms with Gasteiger partial charge in [-0.1, -0.05) is 43.5 Å². The number of Topliss-reactive ketones (excluding diaryl/α,β-unsaturated/α-hetero) is 1. The number of carbonyl (C=O) groups excluding carboxylic acids is 3. The van der Waals surface area contributed by atoms with Gasteiger partial charge in [0, 0.05) is 41.2 Å². The number of benzene rings is 1. The zero-order valence-electron chi connectivity index (χ0n) is 20.1. The monoisotopic (exact) mass is 513 g/mol. The molecular formula is C26H31N3O4S2. The van der Waals surface area contributed by atoms with Gasteiger partial charge in [0.15, 0.2) is 5.78 Å². The van der Waals surface area contributed by atoms with E-state index in [1.807, 2.05) is 26.0 Å². The van der Waals surface area contributed by atoms with E-state index in [9.17, 15) is 18.6 Å². The fraction of sp³-hybridized carbons (Fsp3) is 0.346. The molecule has 1 aromatic carbocycles. The molecule has 1 atom stereocenters. The lowest BCUT2D eigenvalue weighted by atomic mass is 9.88. The minimum atomic E-state index is -1.26. The minimum Gasteiger partial charge on any atom is -0.345 e. The van der Waals surface area contributed by atoms with Gasteiger partial charge < -0.3 is 10.2 Å². The molecule has 2 aliphatic rings. The van der Waals surface area contributed by atoms with Gasteiger partial charge in [-0.25, -0.2) is 4.79 Å². The smallest absolute Gasteiger partial charge is 0.319 e. The summed E-state index contributed by atoms with van der Waals surface area (Å²) in [4.78, 5) is 36.5. The Bertz CT molecular complexity index is 1210. The van der Waals surface area contributed by atoms with Crippen LogP contribution in [0.15, 0.2) is 60.1 Å². The Morgan fingerprint density at radius 2 is 1.91 bits per heavy atom. The van der Waals surface area contributed by atoms with Crippen LogP contribution in [0.25, 0.3) is 10.1 Å². The van der Waals surface area contributed by atoms with Crippen LogP contribution in [-0.4, -0.2) is 51.7 Å². The van der Waals surface area contributed by atoms with Crippen LogP contribution in [0.3, 0.4) is 0 Å². The Hall–Kier alpha value is -3.04. The number of carbonyl (C=O) groups is 3. The van der Waals surface area contributed by atoms with E-state index in [1.165, 1.54) is 22.2 Å². The average molecular weight is 514 g/mol. The highest BCUT2D eigenvalue weighted by Crippen LogP contribution is 2.41. The van der Waals surface area contributed by atoms with Crippen LogP contribution in [0.2, 0.25) is 0 Å². The number of nitrogens with zero attached hydrogens (tertiary/aromatic N) is 1. The number of anilines is 1. The molecule has 4 rings (SSSR count). The summed E-state index contributed by atoms with van der Waals surface area (Å²) in [6.07, 6.45) is 5.21. The highest BCUT2D eigenvalue weighted by atomic mass is 32.2. The molecule has 0 bridgehead atoms. The fourth-order valence-electron chi connectivity index (χ4n) is 4.32. The molecule has 2 N–H and O–H groups in total. The molecule has 1 unspecified atom stereocenters. The normalized spacial score (nSPS) is 19.1. The van der Waals surface area contributed by atoms with Gasteiger partial charge >= 0.3 is 6.03 Å². The number of likely N-dealkylation sites (tertiary alicyclic amines) is 1. The predicted molar refractivity (Wildman–Crippen MR) is 144 cm³/mol. The van der Waals surface area contributed by atoms with Crippen LogP contribution >= 0.6 is 11.3 Å². The number of allylic oxidation sites excluding steroid dienone is 3. The van der Waals surface area contributed by atoms with E-state index in [0.717, 1.165) is 17.0 Å². The number of nitrogens with one attached hydrogen (secondary N) is 2. The van der Waals surface area contributed by atoms with Crippen molar-refractivity contribution in [3.05, 3.63) is 65.6 Å². The predicted octanol–water partition coefficient (Wildman–Crippen LogP) is 4.68. The van der Waals surface area contributed by atoms with Crippen LogP contribution in [-0.2, 0) is 20.4 Å². The second-order valence-corrected chi connectivity index (χ2v) is 11.3. The van der Waals surface area contributed by atoms with Gasteiger partial charge in [0.2, 0.25) is 6.41 Å². The van der Waals surface area contributed by atoms with Crippen molar-refractivity contribution in [3.8, 4) is 0 Å². The van der Waals surface area contributed by atoms with Crippen LogP contribution in [0.5, 0.6) is 0 Å². The topological polar surface area (TPSA) is 95.6 Å². The van der Waals surface area contributed by atoms with E-state index in [1.54, 1.807) is 16.2 Å². The van der Waals surface area contributed by atoms with E-state index in [4.69, 9.17) is 0 Å². The number of aryl methyl sites for hydroxylation is 1. The fourth-order valence-corrected chi connectivity index (χ4v) is 7.26. The maximum atomic E-state index is 12.7. The summed E-state index contributed by atoms with van der Waals surface area (Å²) in [5.41, 5.74) is 1.56. The van der Waals surface area contributed by atoms with Crippen LogP contribution in [0.1, 0.15) is 31.7 Å². The molecule has 0 aliphatic carbocycles. The molecule has 35 heavy (non-hydrogen) atoms. The molecule has 0 saturated carbocycles. The van der Waals surface area contributed by atoms with E-state index in [-0.39, 0.29) is 18.2 Å². The third-order valence-corrected chi connectivity index (χ3v) is 9.61. The van der Waals surface area contributed by atoms with E-state index in [2.05, 4.69) is 35.9 Å². The molecule has 1 spiro atoms. The molecule has 1 fully saturated rings. The first kappa shape index (κ1) is 26.6. The van der Waals surface area contributed by atoms with Gasteiger partial charge in [0.1, 0.15) is 5.00 Å². The van der Waals surface area contributed by atoms with Gasteiger partial charge in [-0.05, 0) is 43.7 Å². The molecule has 9 heteroatoms. The summed E-state index contributed by atoms with van der Waals surface area (Å²) >= 11 is 1.61. The Labute approximate surface area is 212 Å². The van der Waals surface area contributed by atoms with E-state index >= 15 is 0 Å². The van der Waals surface area contributed by atoms with Crippen molar-refractivity contribution in [2.24, 2.45) is 0 Å². The van der Waals surface area contributed by atoms with Crippen LogP contribution in [0.4, 0.5) is 9.80 Å². The van der Waals surface area contributed by atoms with Crippen LogP contribution < -0.4 is 10.6 Å². The van der Waals surface area contributed by atoms with Crippen molar-refractivity contribution in [2.75, 3.05) is 25.0 Å². The van der Waals surface area contributed by atoms with Crippen molar-refractivity contribution in [2.45, 2.75) is 37.9 Å². The number of piperidine rings is 1. The molecule has 1 aromatic heterocycles. The number of ketones is 1. The van der Waals surface area contributed by atoms with Gasteiger partial charge in [-0.2, -0.15) is 0 Å². The number of hydrogen-bond acceptors (Lipinski definition) is 5. The number of hydrogen-bond donors (Lipinski definition) is 2. The first-order chi connectivity index (χ1) is 16.8. The molecule has 186 valence electrons. The van der Waals surface area contributed by atoms with Gasteiger partial charge in [-0.15, -0.1) is 11.3 Å². The summed E-state index contributed by atoms with van der Waals surface area (Å²) in [5.74, 6) is -0.0240. The average Bonchev–Trinajstić information content (AvgIpc) is 3.17. The maximum Gasteiger partial charge on any atom is 0.319 e. The molecular weight excluding hydrogens is 482 g/mol. The number of amides is 3. The number of rotatable bonds is 5. The van der Waals surface area contributed by atoms with Gasteiger partial charge in [0.25, 0.3) is 0 Å². The standard InChI is InChI=1S/C14H17NO3S.C12H14N2OS/c1-3-11-12(17)9-14(19(18)13(11)4-2)5-7-15(10-16)8-6-14;1-3-13-12(15)14-11-8(2)9-6-4-5-7-10(9)16-11/h3-4,10H,1-2,5-9H2;4-7H,3H2,1-2H3,(H2,13,14,15). The molecule has 3 amide bonds. The summed E-state index contributed by atoms with van der Waals surface area (Å²) in [6, 6.07) is 8.02. The van der Waals surface area contributed by atoms with Gasteiger partial charge in [0.05, 0.1) is 15.5 Å². The number of urea groups is 1. The largest absolute Gasteiger partial charge is 0.345 e. The Morgan fingerprint density at radius 3 is 2.49 bits per heavy atom. The quantitative estimate of drug-likeness (QED) is 0.568. The molecule has 0 radical (unpaired) electrons. The van der Waals surface area contributed by atoms with Crippen molar-refractivity contribution in [1.82, 2.24) is 10.2 Å².